The van der Waals surface area contributed by atoms with Gasteiger partial charge in [0, 0.05) is 28.4 Å². The Hall–Kier alpha value is -3.09. The Kier molecular flexibility index (Phi) is 7.93. The molecule has 6 heteroatoms. The molecule has 0 radical (unpaired) electrons. The third-order valence-electron chi connectivity index (χ3n) is 6.54. The highest BCUT2D eigenvalue weighted by atomic mass is 32.2. The van der Waals surface area contributed by atoms with Crippen LogP contribution in [-0.2, 0) is 6.54 Å². The van der Waals surface area contributed by atoms with Crippen LogP contribution in [-0.4, -0.2) is 42.9 Å². The Labute approximate surface area is 212 Å². The van der Waals surface area contributed by atoms with Crippen molar-refractivity contribution in [3.05, 3.63) is 88.5 Å². The van der Waals surface area contributed by atoms with Gasteiger partial charge in [-0.25, -0.2) is 0 Å². The van der Waals surface area contributed by atoms with Crippen molar-refractivity contribution < 1.29 is 9.59 Å². The summed E-state index contributed by atoms with van der Waals surface area (Å²) >= 11 is 1.58. The monoisotopic (exact) mass is 487 g/mol. The molecule has 1 N–H and O–H groups in total. The minimum absolute atomic E-state index is 0.0492. The predicted molar refractivity (Wildman–Crippen MR) is 144 cm³/mol. The molecule has 0 saturated heterocycles. The lowest BCUT2D eigenvalue weighted by atomic mass is 10.0. The van der Waals surface area contributed by atoms with Gasteiger partial charge in [-0.1, -0.05) is 61.5 Å². The van der Waals surface area contributed by atoms with Crippen LogP contribution in [0.15, 0.2) is 70.5 Å². The molecule has 0 spiro atoms. The number of hydrogen-bond acceptors (Lipinski definition) is 4. The molecule has 35 heavy (non-hydrogen) atoms. The zero-order valence-corrected chi connectivity index (χ0v) is 21.7. The fourth-order valence-corrected chi connectivity index (χ4v) is 5.39. The summed E-state index contributed by atoms with van der Waals surface area (Å²) in [5.74, 6) is -0.169. The van der Waals surface area contributed by atoms with E-state index in [0.717, 1.165) is 51.8 Å². The van der Waals surface area contributed by atoms with Crippen molar-refractivity contribution in [1.82, 2.24) is 10.2 Å². The summed E-state index contributed by atoms with van der Waals surface area (Å²) in [6.07, 6.45) is 0. The largest absolute Gasteiger partial charge is 0.351 e. The minimum Gasteiger partial charge on any atom is -0.351 e. The minimum atomic E-state index is -0.120. The Morgan fingerprint density at radius 2 is 1.74 bits per heavy atom. The molecular formula is C29H33N3O2S. The molecule has 1 aliphatic heterocycles. The van der Waals surface area contributed by atoms with Crippen LogP contribution in [0.2, 0.25) is 0 Å². The topological polar surface area (TPSA) is 52.7 Å². The normalized spacial score (nSPS) is 12.8. The molecule has 182 valence electrons. The number of anilines is 1. The highest BCUT2D eigenvalue weighted by Gasteiger charge is 2.28. The van der Waals surface area contributed by atoms with Gasteiger partial charge in [-0.15, -0.1) is 0 Å². The van der Waals surface area contributed by atoms with Crippen LogP contribution in [0.3, 0.4) is 0 Å². The number of nitrogens with one attached hydrogen (secondary N) is 1. The van der Waals surface area contributed by atoms with E-state index in [0.29, 0.717) is 24.2 Å². The van der Waals surface area contributed by atoms with Crippen LogP contribution in [0, 0.1) is 13.8 Å². The first kappa shape index (κ1) is 25.0. The molecule has 1 heterocycles. The van der Waals surface area contributed by atoms with Crippen LogP contribution in [0.1, 0.15) is 51.3 Å². The van der Waals surface area contributed by atoms with Crippen LogP contribution in [0.25, 0.3) is 0 Å². The number of benzene rings is 3. The molecule has 0 unspecified atom stereocenters. The van der Waals surface area contributed by atoms with E-state index in [1.807, 2.05) is 47.4 Å². The second kappa shape index (κ2) is 11.1. The number of hydrogen-bond donors (Lipinski definition) is 1. The van der Waals surface area contributed by atoms with E-state index >= 15 is 0 Å². The average molecular weight is 488 g/mol. The zero-order valence-electron chi connectivity index (χ0n) is 20.9. The van der Waals surface area contributed by atoms with Gasteiger partial charge in [0.1, 0.15) is 0 Å². The van der Waals surface area contributed by atoms with E-state index in [-0.39, 0.29) is 11.8 Å². The van der Waals surface area contributed by atoms with Crippen LogP contribution >= 0.6 is 11.8 Å². The number of likely N-dealkylation sites (N-methyl/N-ethyl adjacent to an activating group) is 1. The summed E-state index contributed by atoms with van der Waals surface area (Å²) in [7, 11) is 0. The van der Waals surface area contributed by atoms with Crippen molar-refractivity contribution in [1.29, 1.82) is 0 Å². The van der Waals surface area contributed by atoms with E-state index in [1.54, 1.807) is 11.8 Å². The molecule has 0 saturated carbocycles. The zero-order chi connectivity index (χ0) is 24.9. The molecule has 2 amide bonds. The number of carbonyl (C=O) groups excluding carboxylic acids is 2. The predicted octanol–water partition coefficient (Wildman–Crippen LogP) is 5.69. The van der Waals surface area contributed by atoms with E-state index in [1.165, 1.54) is 0 Å². The number of rotatable bonds is 8. The van der Waals surface area contributed by atoms with E-state index in [2.05, 4.69) is 56.1 Å². The van der Waals surface area contributed by atoms with Crippen molar-refractivity contribution in [2.24, 2.45) is 0 Å². The Morgan fingerprint density at radius 3 is 2.51 bits per heavy atom. The van der Waals surface area contributed by atoms with Crippen molar-refractivity contribution in [2.45, 2.75) is 44.0 Å². The molecular weight excluding hydrogens is 454 g/mol. The summed E-state index contributed by atoms with van der Waals surface area (Å²) in [4.78, 5) is 32.8. The van der Waals surface area contributed by atoms with Gasteiger partial charge in [0.15, 0.2) is 0 Å². The molecule has 5 nitrogen and oxygen atoms in total. The lowest BCUT2D eigenvalue weighted by molar-refractivity contribution is 0.0945. The first-order valence-electron chi connectivity index (χ1n) is 12.2. The lowest BCUT2D eigenvalue weighted by Crippen LogP contribution is -2.35. The fraction of sp³-hybridized carbons (Fsp3) is 0.310. The number of fused-ring (bicyclic) bond motifs is 2. The molecule has 3 aromatic carbocycles. The van der Waals surface area contributed by atoms with Gasteiger partial charge in [-0.3, -0.25) is 9.59 Å². The first-order chi connectivity index (χ1) is 16.9. The number of carbonyl (C=O) groups is 2. The number of amides is 2. The summed E-state index contributed by atoms with van der Waals surface area (Å²) in [5.41, 5.74) is 5.42. The summed E-state index contributed by atoms with van der Waals surface area (Å²) in [6.45, 7) is 12.1. The standard InChI is InChI=1S/C29H33N3O2S/c1-5-31(6-2)16-15-30-28(33)22-13-14-27-25(18-22)32(19-23-17-20(3)11-12-21(23)4)29(34)24-9-7-8-10-26(24)35-27/h7-14,17-18H,5-6,15-16,19H2,1-4H3,(H,30,33). The molecule has 1 aliphatic rings. The van der Waals surface area contributed by atoms with Gasteiger partial charge in [0.25, 0.3) is 11.8 Å². The van der Waals surface area contributed by atoms with E-state index < -0.39 is 0 Å². The van der Waals surface area contributed by atoms with Crippen LogP contribution in [0.5, 0.6) is 0 Å². The Balaban J connectivity index is 1.69. The van der Waals surface area contributed by atoms with Crippen LogP contribution in [0.4, 0.5) is 5.69 Å². The number of aryl methyl sites for hydroxylation is 2. The molecule has 0 aromatic heterocycles. The van der Waals surface area contributed by atoms with Gasteiger partial charge >= 0.3 is 0 Å². The van der Waals surface area contributed by atoms with Crippen molar-refractivity contribution in [3.8, 4) is 0 Å². The smallest absolute Gasteiger partial charge is 0.259 e. The lowest BCUT2D eigenvalue weighted by Gasteiger charge is -2.25. The van der Waals surface area contributed by atoms with Gasteiger partial charge in [0.2, 0.25) is 0 Å². The third-order valence-corrected chi connectivity index (χ3v) is 7.68. The molecule has 0 fully saturated rings. The molecule has 0 bridgehead atoms. The van der Waals surface area contributed by atoms with Crippen LogP contribution < -0.4 is 10.2 Å². The molecule has 3 aromatic rings. The van der Waals surface area contributed by atoms with Crippen molar-refractivity contribution in [3.63, 3.8) is 0 Å². The SMILES string of the molecule is CCN(CC)CCNC(=O)c1ccc2c(c1)N(Cc1cc(C)ccc1C)C(=O)c1ccccc1S2. The quantitative estimate of drug-likeness (QED) is 0.444. The molecule has 0 aliphatic carbocycles. The van der Waals surface area contributed by atoms with Crippen molar-refractivity contribution in [2.75, 3.05) is 31.1 Å². The summed E-state index contributed by atoms with van der Waals surface area (Å²) in [5, 5.41) is 3.04. The molecule has 0 atom stereocenters. The molecule has 4 rings (SSSR count). The highest BCUT2D eigenvalue weighted by molar-refractivity contribution is 7.99. The maximum absolute atomic E-state index is 13.8. The highest BCUT2D eigenvalue weighted by Crippen LogP contribution is 2.42. The van der Waals surface area contributed by atoms with E-state index in [9.17, 15) is 9.59 Å². The van der Waals surface area contributed by atoms with Gasteiger partial charge in [-0.05, 0) is 68.4 Å². The fourth-order valence-electron chi connectivity index (χ4n) is 4.33. The second-order valence-electron chi connectivity index (χ2n) is 8.88. The second-order valence-corrected chi connectivity index (χ2v) is 9.97. The maximum Gasteiger partial charge on any atom is 0.259 e. The average Bonchev–Trinajstić information content (AvgIpc) is 2.98. The summed E-state index contributed by atoms with van der Waals surface area (Å²) in [6, 6.07) is 19.7. The Morgan fingerprint density at radius 1 is 0.971 bits per heavy atom. The van der Waals surface area contributed by atoms with Crippen molar-refractivity contribution >= 4 is 29.3 Å². The van der Waals surface area contributed by atoms with Gasteiger partial charge in [-0.2, -0.15) is 0 Å². The Bertz CT molecular complexity index is 1240. The first-order valence-corrected chi connectivity index (χ1v) is 13.0. The number of nitrogens with zero attached hydrogens (tertiary/aromatic N) is 2. The summed E-state index contributed by atoms with van der Waals surface area (Å²) < 4.78 is 0. The van der Waals surface area contributed by atoms with Gasteiger partial charge in [0.05, 0.1) is 17.8 Å². The maximum atomic E-state index is 13.8. The van der Waals surface area contributed by atoms with E-state index in [4.69, 9.17) is 0 Å². The van der Waals surface area contributed by atoms with Gasteiger partial charge < -0.3 is 15.1 Å². The third kappa shape index (κ3) is 5.60.